The van der Waals surface area contributed by atoms with Gasteiger partial charge in [-0.3, -0.25) is 14.6 Å². The lowest BCUT2D eigenvalue weighted by atomic mass is 9.77. The van der Waals surface area contributed by atoms with E-state index >= 15 is 0 Å². The Bertz CT molecular complexity index is 615. The molecule has 1 saturated carbocycles. The van der Waals surface area contributed by atoms with E-state index in [-0.39, 0.29) is 17.5 Å². The topological polar surface area (TPSA) is 67.5 Å². The van der Waals surface area contributed by atoms with Gasteiger partial charge in [0.25, 0.3) is 0 Å². The lowest BCUT2D eigenvalue weighted by Crippen LogP contribution is -3.20. The fourth-order valence-electron chi connectivity index (χ4n) is 3.77. The molecule has 2 aliphatic rings. The van der Waals surface area contributed by atoms with Crippen molar-refractivity contribution in [2.45, 2.75) is 25.7 Å². The van der Waals surface area contributed by atoms with Gasteiger partial charge in [-0.1, -0.05) is 29.8 Å². The second kappa shape index (κ2) is 8.50. The summed E-state index contributed by atoms with van der Waals surface area (Å²) in [5.41, 5.74) is 2.28. The van der Waals surface area contributed by atoms with Crippen LogP contribution < -0.4 is 10.2 Å². The molecule has 0 atom stereocenters. The Labute approximate surface area is 149 Å². The Hall–Kier alpha value is -1.85. The van der Waals surface area contributed by atoms with Crippen molar-refractivity contribution in [1.82, 2.24) is 0 Å². The number of quaternary nitrogens is 2. The first-order chi connectivity index (χ1) is 12.1. The summed E-state index contributed by atoms with van der Waals surface area (Å²) in [7, 11) is 0. The third-order valence-electron chi connectivity index (χ3n) is 5.39. The van der Waals surface area contributed by atoms with E-state index in [2.05, 4.69) is 10.3 Å². The molecule has 5 heteroatoms. The minimum Gasteiger partial charge on any atom is -0.337 e. The number of rotatable bonds is 5. The van der Waals surface area contributed by atoms with Gasteiger partial charge < -0.3 is 10.2 Å². The van der Waals surface area contributed by atoms with Gasteiger partial charge in [0.05, 0.1) is 13.1 Å². The molecule has 3 N–H and O–H groups in total. The lowest BCUT2D eigenvalue weighted by molar-refractivity contribution is -0.945. The van der Waals surface area contributed by atoms with E-state index < -0.39 is 5.92 Å². The van der Waals surface area contributed by atoms with Crippen LogP contribution in [0.5, 0.6) is 0 Å². The zero-order valence-electron chi connectivity index (χ0n) is 15.0. The lowest BCUT2D eigenvalue weighted by Gasteiger charge is -2.25. The van der Waals surface area contributed by atoms with Gasteiger partial charge in [0.1, 0.15) is 43.7 Å². The number of aryl methyl sites for hydroxylation is 1. The zero-order chi connectivity index (χ0) is 17.6. The van der Waals surface area contributed by atoms with E-state index in [0.29, 0.717) is 19.4 Å². The molecule has 1 heterocycles. The molecule has 1 aliphatic heterocycles. The van der Waals surface area contributed by atoms with Crippen molar-refractivity contribution >= 4 is 17.8 Å². The summed E-state index contributed by atoms with van der Waals surface area (Å²) in [6.45, 7) is 8.44. The molecule has 1 aromatic carbocycles. The van der Waals surface area contributed by atoms with Crippen molar-refractivity contribution in [3.8, 4) is 0 Å². The minimum atomic E-state index is -0.619. The van der Waals surface area contributed by atoms with Gasteiger partial charge in [0.2, 0.25) is 0 Å². The van der Waals surface area contributed by atoms with Crippen LogP contribution in [0.4, 0.5) is 0 Å². The van der Waals surface area contributed by atoms with Crippen LogP contribution in [0.25, 0.3) is 0 Å². The molecule has 0 unspecified atom stereocenters. The number of aliphatic imine (C=N–C) groups is 1. The quantitative estimate of drug-likeness (QED) is 0.541. The molecule has 3 rings (SSSR count). The first-order valence-corrected chi connectivity index (χ1v) is 9.40. The van der Waals surface area contributed by atoms with E-state index in [9.17, 15) is 9.59 Å². The highest BCUT2D eigenvalue weighted by Crippen LogP contribution is 2.31. The van der Waals surface area contributed by atoms with Crippen LogP contribution in [-0.4, -0.2) is 57.0 Å². The van der Waals surface area contributed by atoms with Crippen molar-refractivity contribution < 1.29 is 19.8 Å². The molecule has 25 heavy (non-hydrogen) atoms. The van der Waals surface area contributed by atoms with Crippen LogP contribution in [-0.2, 0) is 9.59 Å². The van der Waals surface area contributed by atoms with E-state index in [1.165, 1.54) is 31.7 Å². The molecule has 0 radical (unpaired) electrons. The fourth-order valence-corrected chi connectivity index (χ4v) is 3.77. The summed E-state index contributed by atoms with van der Waals surface area (Å²) < 4.78 is 0. The van der Waals surface area contributed by atoms with Gasteiger partial charge in [-0.15, -0.1) is 0 Å². The fraction of sp³-hybridized carbons (Fsp3) is 0.550. The third-order valence-corrected chi connectivity index (χ3v) is 5.39. The summed E-state index contributed by atoms with van der Waals surface area (Å²) in [6.07, 6.45) is 2.50. The number of hydrogen-bond donors (Lipinski definition) is 2. The van der Waals surface area contributed by atoms with Crippen molar-refractivity contribution in [2.24, 2.45) is 10.9 Å². The van der Waals surface area contributed by atoms with Crippen molar-refractivity contribution in [3.05, 3.63) is 35.4 Å². The highest BCUT2D eigenvalue weighted by molar-refractivity contribution is 6.16. The summed E-state index contributed by atoms with van der Waals surface area (Å²) in [5.74, 6) is -0.554. The van der Waals surface area contributed by atoms with Crippen molar-refractivity contribution in [2.75, 3.05) is 39.3 Å². The normalized spacial score (nSPS) is 25.6. The highest BCUT2D eigenvalue weighted by atomic mass is 16.2. The zero-order valence-corrected chi connectivity index (χ0v) is 15.0. The van der Waals surface area contributed by atoms with E-state index in [1.54, 1.807) is 11.1 Å². The molecule has 5 nitrogen and oxygen atoms in total. The number of nitrogens with one attached hydrogen (secondary N) is 1. The molecule has 0 bridgehead atoms. The maximum absolute atomic E-state index is 12.4. The van der Waals surface area contributed by atoms with Gasteiger partial charge >= 0.3 is 0 Å². The molecule has 0 aromatic heterocycles. The summed E-state index contributed by atoms with van der Waals surface area (Å²) >= 11 is 0. The minimum absolute atomic E-state index is 0.0190. The maximum atomic E-state index is 12.4. The number of carbonyl (C=O) groups is 2. The number of piperazine rings is 1. The highest BCUT2D eigenvalue weighted by Gasteiger charge is 2.34. The Kier molecular flexibility index (Phi) is 6.10. The van der Waals surface area contributed by atoms with Gasteiger partial charge in [0.15, 0.2) is 0 Å². The van der Waals surface area contributed by atoms with Crippen LogP contribution in [0.3, 0.4) is 0 Å². The van der Waals surface area contributed by atoms with Crippen molar-refractivity contribution in [1.29, 1.82) is 0 Å². The van der Waals surface area contributed by atoms with Gasteiger partial charge in [-0.2, -0.15) is 0 Å². The molecule has 0 amide bonds. The number of nitrogens with zero attached hydrogens (tertiary/aromatic N) is 1. The largest absolute Gasteiger partial charge is 0.337 e. The monoisotopic (exact) mass is 343 g/mol. The van der Waals surface area contributed by atoms with Crippen molar-refractivity contribution in [3.63, 3.8) is 0 Å². The second-order valence-corrected chi connectivity index (χ2v) is 7.35. The number of ketones is 2. The van der Waals surface area contributed by atoms with Crippen LogP contribution in [0.2, 0.25) is 0 Å². The summed E-state index contributed by atoms with van der Waals surface area (Å²) in [6, 6.07) is 8.15. The van der Waals surface area contributed by atoms with Crippen LogP contribution >= 0.6 is 0 Å². The Morgan fingerprint density at radius 3 is 2.40 bits per heavy atom. The first kappa shape index (κ1) is 18.0. The maximum Gasteiger partial charge on any atom is 0.149 e. The van der Waals surface area contributed by atoms with Gasteiger partial charge in [-0.25, -0.2) is 0 Å². The van der Waals surface area contributed by atoms with Gasteiger partial charge in [0, 0.05) is 19.1 Å². The summed E-state index contributed by atoms with van der Waals surface area (Å²) in [4.78, 5) is 30.8. The first-order valence-electron chi connectivity index (χ1n) is 9.40. The molecular formula is C20H29N3O2+2. The Morgan fingerprint density at radius 1 is 1.12 bits per heavy atom. The number of nitrogens with two attached hydrogens (primary N) is 1. The van der Waals surface area contributed by atoms with Gasteiger partial charge in [-0.05, 0) is 18.4 Å². The molecule has 1 aliphatic carbocycles. The standard InChI is InChI=1S/C20H27N3O2/c1-15-2-4-16(5-3-15)17-12-19(24)18(20(25)13-17)14-22-8-11-23-9-6-21-7-10-23/h2-5,14,17-18,21H,6-13H2,1H3/p+2. The average Bonchev–Trinajstić information content (AvgIpc) is 2.62. The Balaban J connectivity index is 1.51. The molecule has 2 fully saturated rings. The van der Waals surface area contributed by atoms with E-state index in [1.807, 2.05) is 31.2 Å². The van der Waals surface area contributed by atoms with Crippen LogP contribution in [0.1, 0.15) is 29.9 Å². The SMILES string of the molecule is Cc1ccc(C2CC(=O)C(C=NCC[NH+]3CC[NH2+]CC3)C(=O)C2)cc1. The predicted molar refractivity (Wildman–Crippen MR) is 97.2 cm³/mol. The predicted octanol–water partition coefficient (Wildman–Crippen LogP) is -0.840. The van der Waals surface area contributed by atoms with Crippen LogP contribution in [0.15, 0.2) is 29.3 Å². The smallest absolute Gasteiger partial charge is 0.149 e. The second-order valence-electron chi connectivity index (χ2n) is 7.35. The number of benzene rings is 1. The van der Waals surface area contributed by atoms with E-state index in [0.717, 1.165) is 12.1 Å². The number of Topliss-reactive ketones (excluding diaryl/α,β-unsaturated/α-hetero) is 2. The summed E-state index contributed by atoms with van der Waals surface area (Å²) in [5, 5.41) is 2.34. The molecular weight excluding hydrogens is 314 g/mol. The molecule has 1 aromatic rings. The van der Waals surface area contributed by atoms with E-state index in [4.69, 9.17) is 0 Å². The van der Waals surface area contributed by atoms with Crippen LogP contribution in [0, 0.1) is 12.8 Å². The third kappa shape index (κ3) is 4.83. The molecule has 0 spiro atoms. The Morgan fingerprint density at radius 2 is 1.76 bits per heavy atom. The molecule has 134 valence electrons. The number of hydrogen-bond acceptors (Lipinski definition) is 3. The molecule has 1 saturated heterocycles. The average molecular weight is 343 g/mol. The number of carbonyl (C=O) groups excluding carboxylic acids is 2.